The first-order chi connectivity index (χ1) is 10.6. The second kappa shape index (κ2) is 7.41. The molecule has 0 aromatic heterocycles. The van der Waals surface area contributed by atoms with E-state index >= 15 is 0 Å². The summed E-state index contributed by atoms with van der Waals surface area (Å²) in [5.74, 6) is -1.00. The Kier molecular flexibility index (Phi) is 5.31. The molecule has 2 aromatic rings. The maximum absolute atomic E-state index is 12.8. The summed E-state index contributed by atoms with van der Waals surface area (Å²) in [6.45, 7) is -0.0640. The Bertz CT molecular complexity index is 586. The number of esters is 1. The SMILES string of the molecule is COC(=O)CN(C)C(=O)C(c1ccccc1)c1ccccc1. The molecule has 0 aliphatic carbocycles. The smallest absolute Gasteiger partial charge is 0.325 e. The Morgan fingerprint density at radius 1 is 0.955 bits per heavy atom. The molecule has 114 valence electrons. The summed E-state index contributed by atoms with van der Waals surface area (Å²) in [6.07, 6.45) is 0. The summed E-state index contributed by atoms with van der Waals surface area (Å²) in [5, 5.41) is 0. The minimum atomic E-state index is -0.435. The minimum absolute atomic E-state index is 0.0640. The van der Waals surface area contributed by atoms with E-state index in [1.54, 1.807) is 7.05 Å². The highest BCUT2D eigenvalue weighted by atomic mass is 16.5. The molecule has 0 aliphatic heterocycles. The van der Waals surface area contributed by atoms with Crippen molar-refractivity contribution in [1.82, 2.24) is 4.90 Å². The highest BCUT2D eigenvalue weighted by Crippen LogP contribution is 2.26. The zero-order valence-electron chi connectivity index (χ0n) is 12.7. The van der Waals surface area contributed by atoms with Gasteiger partial charge in [-0.25, -0.2) is 0 Å². The van der Waals surface area contributed by atoms with E-state index in [4.69, 9.17) is 0 Å². The van der Waals surface area contributed by atoms with Gasteiger partial charge in [0.05, 0.1) is 13.0 Å². The molecule has 0 spiro atoms. The van der Waals surface area contributed by atoms with Crippen molar-refractivity contribution >= 4 is 11.9 Å². The van der Waals surface area contributed by atoms with Crippen LogP contribution in [0.3, 0.4) is 0 Å². The quantitative estimate of drug-likeness (QED) is 0.796. The zero-order valence-corrected chi connectivity index (χ0v) is 12.7. The summed E-state index contributed by atoms with van der Waals surface area (Å²) in [5.41, 5.74) is 1.80. The molecule has 0 bridgehead atoms. The van der Waals surface area contributed by atoms with Gasteiger partial charge in [-0.1, -0.05) is 60.7 Å². The van der Waals surface area contributed by atoms with E-state index in [-0.39, 0.29) is 12.5 Å². The van der Waals surface area contributed by atoms with E-state index in [1.807, 2.05) is 60.7 Å². The van der Waals surface area contributed by atoms with Gasteiger partial charge < -0.3 is 9.64 Å². The second-order valence-electron chi connectivity index (χ2n) is 5.02. The van der Waals surface area contributed by atoms with Gasteiger partial charge in [-0.15, -0.1) is 0 Å². The number of nitrogens with zero attached hydrogens (tertiary/aromatic N) is 1. The van der Waals surface area contributed by atoms with E-state index in [1.165, 1.54) is 12.0 Å². The molecule has 0 fully saturated rings. The van der Waals surface area contributed by atoms with E-state index in [0.29, 0.717) is 0 Å². The molecule has 0 atom stereocenters. The van der Waals surface area contributed by atoms with E-state index in [0.717, 1.165) is 11.1 Å². The Balaban J connectivity index is 2.33. The molecule has 0 saturated heterocycles. The number of rotatable bonds is 5. The molecule has 1 amide bonds. The van der Waals surface area contributed by atoms with Crippen molar-refractivity contribution in [3.8, 4) is 0 Å². The molecule has 4 nitrogen and oxygen atoms in total. The van der Waals surface area contributed by atoms with E-state index < -0.39 is 11.9 Å². The van der Waals surface area contributed by atoms with Gasteiger partial charge in [-0.3, -0.25) is 9.59 Å². The third-order valence-corrected chi connectivity index (χ3v) is 3.48. The van der Waals surface area contributed by atoms with Crippen molar-refractivity contribution in [2.24, 2.45) is 0 Å². The van der Waals surface area contributed by atoms with Crippen LogP contribution in [-0.2, 0) is 14.3 Å². The molecule has 0 aliphatic rings. The van der Waals surface area contributed by atoms with Gasteiger partial charge in [-0.05, 0) is 11.1 Å². The first-order valence-electron chi connectivity index (χ1n) is 7.05. The molecular weight excluding hydrogens is 278 g/mol. The minimum Gasteiger partial charge on any atom is -0.468 e. The molecule has 0 saturated carbocycles. The third-order valence-electron chi connectivity index (χ3n) is 3.48. The van der Waals surface area contributed by atoms with E-state index in [2.05, 4.69) is 4.74 Å². The van der Waals surface area contributed by atoms with Crippen LogP contribution in [0.25, 0.3) is 0 Å². The molecule has 22 heavy (non-hydrogen) atoms. The fraction of sp³-hybridized carbons (Fsp3) is 0.222. The Morgan fingerprint density at radius 3 is 1.82 bits per heavy atom. The van der Waals surface area contributed by atoms with E-state index in [9.17, 15) is 9.59 Å². The molecule has 0 radical (unpaired) electrons. The predicted octanol–water partition coefficient (Wildman–Crippen LogP) is 2.45. The van der Waals surface area contributed by atoms with Gasteiger partial charge in [-0.2, -0.15) is 0 Å². The van der Waals surface area contributed by atoms with Gasteiger partial charge >= 0.3 is 5.97 Å². The van der Waals surface area contributed by atoms with Gasteiger partial charge in [0.25, 0.3) is 0 Å². The number of carbonyl (C=O) groups is 2. The first kappa shape index (κ1) is 15.8. The number of likely N-dealkylation sites (N-methyl/N-ethyl adjacent to an activating group) is 1. The molecule has 0 unspecified atom stereocenters. The first-order valence-corrected chi connectivity index (χ1v) is 7.05. The van der Waals surface area contributed by atoms with Gasteiger partial charge in [0.2, 0.25) is 5.91 Å². The molecule has 2 rings (SSSR count). The van der Waals surface area contributed by atoms with Crippen molar-refractivity contribution in [2.45, 2.75) is 5.92 Å². The lowest BCUT2D eigenvalue weighted by atomic mass is 9.90. The van der Waals surface area contributed by atoms with Crippen molar-refractivity contribution < 1.29 is 14.3 Å². The number of methoxy groups -OCH3 is 1. The average Bonchev–Trinajstić information content (AvgIpc) is 2.56. The third kappa shape index (κ3) is 3.73. The van der Waals surface area contributed by atoms with Crippen LogP contribution in [0, 0.1) is 0 Å². The maximum Gasteiger partial charge on any atom is 0.325 e. The van der Waals surface area contributed by atoms with Crippen LogP contribution in [0.4, 0.5) is 0 Å². The summed E-state index contributed by atoms with van der Waals surface area (Å²) >= 11 is 0. The lowest BCUT2D eigenvalue weighted by Crippen LogP contribution is -2.36. The van der Waals surface area contributed by atoms with Crippen LogP contribution < -0.4 is 0 Å². The second-order valence-corrected chi connectivity index (χ2v) is 5.02. The zero-order chi connectivity index (χ0) is 15.9. The topological polar surface area (TPSA) is 46.6 Å². The standard InChI is InChI=1S/C18H19NO3/c1-19(13-16(20)22-2)18(21)17(14-9-5-3-6-10-14)15-11-7-4-8-12-15/h3-12,17H,13H2,1-2H3. The highest BCUT2D eigenvalue weighted by molar-refractivity contribution is 5.89. The Hall–Kier alpha value is -2.62. The largest absolute Gasteiger partial charge is 0.468 e. The van der Waals surface area contributed by atoms with Crippen LogP contribution in [-0.4, -0.2) is 37.5 Å². The number of ether oxygens (including phenoxy) is 1. The number of hydrogen-bond acceptors (Lipinski definition) is 3. The molecule has 0 N–H and O–H groups in total. The van der Waals surface area contributed by atoms with Crippen LogP contribution >= 0.6 is 0 Å². The summed E-state index contributed by atoms with van der Waals surface area (Å²) in [4.78, 5) is 25.6. The monoisotopic (exact) mass is 297 g/mol. The summed E-state index contributed by atoms with van der Waals surface area (Å²) in [6, 6.07) is 19.1. The number of amides is 1. The predicted molar refractivity (Wildman–Crippen MR) is 84.4 cm³/mol. The van der Waals surface area contributed by atoms with Crippen LogP contribution in [0.1, 0.15) is 17.0 Å². The Morgan fingerprint density at radius 2 is 1.41 bits per heavy atom. The molecule has 0 heterocycles. The summed E-state index contributed by atoms with van der Waals surface area (Å²) in [7, 11) is 2.92. The lowest BCUT2D eigenvalue weighted by Gasteiger charge is -2.23. The van der Waals surface area contributed by atoms with Crippen molar-refractivity contribution in [2.75, 3.05) is 20.7 Å². The molecule has 4 heteroatoms. The van der Waals surface area contributed by atoms with Crippen LogP contribution in [0.15, 0.2) is 60.7 Å². The maximum atomic E-state index is 12.8. The van der Waals surface area contributed by atoms with Crippen molar-refractivity contribution in [3.05, 3.63) is 71.8 Å². The van der Waals surface area contributed by atoms with Gasteiger partial charge in [0.15, 0.2) is 0 Å². The number of benzene rings is 2. The van der Waals surface area contributed by atoms with Crippen LogP contribution in [0.2, 0.25) is 0 Å². The summed E-state index contributed by atoms with van der Waals surface area (Å²) < 4.78 is 4.63. The molecule has 2 aromatic carbocycles. The van der Waals surface area contributed by atoms with Gasteiger partial charge in [0, 0.05) is 7.05 Å². The van der Waals surface area contributed by atoms with Crippen LogP contribution in [0.5, 0.6) is 0 Å². The number of carbonyl (C=O) groups excluding carboxylic acids is 2. The number of hydrogen-bond donors (Lipinski definition) is 0. The Labute approximate surface area is 130 Å². The van der Waals surface area contributed by atoms with Crippen molar-refractivity contribution in [3.63, 3.8) is 0 Å². The normalized spacial score (nSPS) is 10.3. The average molecular weight is 297 g/mol. The fourth-order valence-electron chi connectivity index (χ4n) is 2.33. The fourth-order valence-corrected chi connectivity index (χ4v) is 2.33. The highest BCUT2D eigenvalue weighted by Gasteiger charge is 2.26. The van der Waals surface area contributed by atoms with Crippen molar-refractivity contribution in [1.29, 1.82) is 0 Å². The van der Waals surface area contributed by atoms with Gasteiger partial charge in [0.1, 0.15) is 6.54 Å². The lowest BCUT2D eigenvalue weighted by molar-refractivity contribution is -0.146. The molecular formula is C18H19NO3.